The number of esters is 2. The van der Waals surface area contributed by atoms with Crippen molar-refractivity contribution in [2.75, 3.05) is 13.2 Å². The lowest BCUT2D eigenvalue weighted by Crippen LogP contribution is -2.43. The van der Waals surface area contributed by atoms with Gasteiger partial charge in [0.1, 0.15) is 10.3 Å². The molecule has 0 fully saturated rings. The molecule has 2 unspecified atom stereocenters. The lowest BCUT2D eigenvalue weighted by molar-refractivity contribution is -0.153. The van der Waals surface area contributed by atoms with E-state index in [4.69, 9.17) is 32.4 Å². The number of hydrogen-bond donors (Lipinski definition) is 1. The third-order valence-electron chi connectivity index (χ3n) is 5.38. The molecular formula is C24H34Cl2N2O6Si. The molecular weight excluding hydrogens is 511 g/mol. The first-order valence-electron chi connectivity index (χ1n) is 11.2. The molecule has 2 rings (SSSR count). The zero-order valence-electron chi connectivity index (χ0n) is 21.2. The fraction of sp³-hybridized carbons (Fsp3) is 0.500. The van der Waals surface area contributed by atoms with Crippen LogP contribution < -0.4 is 0 Å². The van der Waals surface area contributed by atoms with Gasteiger partial charge in [0.25, 0.3) is 0 Å². The molecule has 0 saturated heterocycles. The Bertz CT molecular complexity index is 984. The van der Waals surface area contributed by atoms with Gasteiger partial charge in [0.05, 0.1) is 13.2 Å². The highest BCUT2D eigenvalue weighted by Crippen LogP contribution is 2.40. The van der Waals surface area contributed by atoms with Gasteiger partial charge in [-0.1, -0.05) is 56.1 Å². The molecule has 0 radical (unpaired) electrons. The van der Waals surface area contributed by atoms with Crippen molar-refractivity contribution in [2.24, 2.45) is 0 Å². The molecule has 0 aromatic carbocycles. The van der Waals surface area contributed by atoms with Gasteiger partial charge >= 0.3 is 11.9 Å². The highest BCUT2D eigenvalue weighted by Gasteiger charge is 2.42. The maximum atomic E-state index is 12.3. The molecule has 0 saturated carbocycles. The van der Waals surface area contributed by atoms with E-state index in [9.17, 15) is 14.7 Å². The van der Waals surface area contributed by atoms with E-state index in [0.717, 1.165) is 0 Å². The van der Waals surface area contributed by atoms with Gasteiger partial charge in [-0.3, -0.25) is 0 Å². The van der Waals surface area contributed by atoms with Crippen LogP contribution in [0.25, 0.3) is 0 Å². The Balaban J connectivity index is 0.000000379. The molecule has 2 aromatic rings. The van der Waals surface area contributed by atoms with Crippen LogP contribution in [0.2, 0.25) is 28.4 Å². The fourth-order valence-electron chi connectivity index (χ4n) is 2.47. The van der Waals surface area contributed by atoms with Crippen LogP contribution >= 0.6 is 23.2 Å². The average molecular weight is 546 g/mol. The summed E-state index contributed by atoms with van der Waals surface area (Å²) in [7, 11) is -2.15. The minimum absolute atomic E-state index is 0.0214. The summed E-state index contributed by atoms with van der Waals surface area (Å²) in [5.41, 5.74) is 0.815. The monoisotopic (exact) mass is 544 g/mol. The van der Waals surface area contributed by atoms with Crippen LogP contribution in [0.15, 0.2) is 36.7 Å². The predicted molar refractivity (Wildman–Crippen MR) is 138 cm³/mol. The van der Waals surface area contributed by atoms with Crippen molar-refractivity contribution >= 4 is 43.5 Å². The maximum absolute atomic E-state index is 12.3. The largest absolute Gasteiger partial charge is 0.464 e. The van der Waals surface area contributed by atoms with Gasteiger partial charge in [0, 0.05) is 23.5 Å². The van der Waals surface area contributed by atoms with Crippen LogP contribution in [0, 0.1) is 0 Å². The van der Waals surface area contributed by atoms with Crippen LogP contribution in [0.5, 0.6) is 0 Å². The van der Waals surface area contributed by atoms with Crippen molar-refractivity contribution in [3.05, 3.63) is 58.1 Å². The van der Waals surface area contributed by atoms with E-state index in [1.54, 1.807) is 38.2 Å². The fourth-order valence-corrected chi connectivity index (χ4v) is 4.08. The van der Waals surface area contributed by atoms with Crippen molar-refractivity contribution in [3.8, 4) is 0 Å². The van der Waals surface area contributed by atoms with Crippen LogP contribution in [0.3, 0.4) is 0 Å². The van der Waals surface area contributed by atoms with Gasteiger partial charge in [-0.2, -0.15) is 0 Å². The lowest BCUT2D eigenvalue weighted by atomic mass is 10.2. The second-order valence-electron chi connectivity index (χ2n) is 8.93. The Morgan fingerprint density at radius 1 is 0.943 bits per heavy atom. The highest BCUT2D eigenvalue weighted by atomic mass is 35.5. The van der Waals surface area contributed by atoms with Crippen LogP contribution in [-0.4, -0.2) is 48.5 Å². The number of hydrogen-bond acceptors (Lipinski definition) is 8. The van der Waals surface area contributed by atoms with Crippen LogP contribution in [0.1, 0.15) is 58.0 Å². The summed E-state index contributed by atoms with van der Waals surface area (Å²) in [4.78, 5) is 31.2. The van der Waals surface area contributed by atoms with Gasteiger partial charge in [-0.15, -0.1) is 0 Å². The zero-order chi connectivity index (χ0) is 26.8. The van der Waals surface area contributed by atoms with Gasteiger partial charge in [-0.05, 0) is 44.1 Å². The van der Waals surface area contributed by atoms with E-state index in [0.29, 0.717) is 12.2 Å². The molecule has 1 N–H and O–H groups in total. The molecule has 0 spiro atoms. The summed E-state index contributed by atoms with van der Waals surface area (Å²) in [6, 6.07) is 6.60. The summed E-state index contributed by atoms with van der Waals surface area (Å²) in [5, 5.41) is 9.86. The van der Waals surface area contributed by atoms with Gasteiger partial charge in [0.2, 0.25) is 0 Å². The van der Waals surface area contributed by atoms with Gasteiger partial charge in [0.15, 0.2) is 20.5 Å². The third-order valence-corrected chi connectivity index (χ3v) is 10.5. The molecule has 11 heteroatoms. The Morgan fingerprint density at radius 2 is 1.40 bits per heavy atom. The Labute approximate surface area is 218 Å². The molecule has 2 aromatic heterocycles. The predicted octanol–water partition coefficient (Wildman–Crippen LogP) is 5.69. The molecule has 194 valence electrons. The number of aliphatic hydroxyl groups excluding tert-OH is 1. The summed E-state index contributed by atoms with van der Waals surface area (Å²) in [5.74, 6) is -1.14. The van der Waals surface area contributed by atoms with Crippen LogP contribution in [0.4, 0.5) is 0 Å². The first-order chi connectivity index (χ1) is 16.3. The van der Waals surface area contributed by atoms with Crippen LogP contribution in [-0.2, 0) is 23.5 Å². The Hall–Kier alpha value is -2.04. The zero-order valence-corrected chi connectivity index (χ0v) is 23.7. The lowest BCUT2D eigenvalue weighted by Gasteiger charge is -2.38. The number of halogens is 2. The van der Waals surface area contributed by atoms with Crippen molar-refractivity contribution in [1.29, 1.82) is 0 Å². The minimum atomic E-state index is -2.15. The molecule has 2 heterocycles. The summed E-state index contributed by atoms with van der Waals surface area (Å²) >= 11 is 11.8. The van der Waals surface area contributed by atoms with E-state index in [2.05, 4.69) is 48.6 Å². The minimum Gasteiger partial charge on any atom is -0.464 e. The van der Waals surface area contributed by atoms with Crippen molar-refractivity contribution in [2.45, 2.75) is 65.0 Å². The molecule has 0 aliphatic heterocycles. The quantitative estimate of drug-likeness (QED) is 0.256. The topological polar surface area (TPSA) is 108 Å². The van der Waals surface area contributed by atoms with Gasteiger partial charge < -0.3 is 19.0 Å². The van der Waals surface area contributed by atoms with Crippen molar-refractivity contribution < 1.29 is 28.6 Å². The summed E-state index contributed by atoms with van der Waals surface area (Å²) in [6.45, 7) is 14.5. The van der Waals surface area contributed by atoms with E-state index >= 15 is 0 Å². The molecule has 0 aliphatic rings. The molecule has 35 heavy (non-hydrogen) atoms. The van der Waals surface area contributed by atoms with Crippen molar-refractivity contribution in [1.82, 2.24) is 9.97 Å². The third kappa shape index (κ3) is 9.16. The van der Waals surface area contributed by atoms with E-state index in [1.165, 1.54) is 12.3 Å². The number of carbonyl (C=O) groups is 2. The number of ether oxygens (including phenoxy) is 2. The van der Waals surface area contributed by atoms with Crippen molar-refractivity contribution in [3.63, 3.8) is 0 Å². The maximum Gasteiger partial charge on any atom is 0.339 e. The number of aromatic nitrogens is 2. The smallest absolute Gasteiger partial charge is 0.339 e. The normalized spacial score (nSPS) is 13.2. The molecule has 0 amide bonds. The second-order valence-corrected chi connectivity index (χ2v) is 14.4. The molecule has 0 bridgehead atoms. The Kier molecular flexibility index (Phi) is 12.3. The number of pyridine rings is 2. The first-order valence-corrected chi connectivity index (χ1v) is 14.8. The number of carbonyl (C=O) groups excluding carboxylic acids is 2. The number of nitrogens with zero attached hydrogens (tertiary/aromatic N) is 2. The molecule has 2 atom stereocenters. The highest BCUT2D eigenvalue weighted by molar-refractivity contribution is 6.74. The molecule has 0 aliphatic carbocycles. The van der Waals surface area contributed by atoms with E-state index in [1.807, 2.05) is 0 Å². The van der Waals surface area contributed by atoms with Gasteiger partial charge in [-0.25, -0.2) is 19.6 Å². The number of rotatable bonds is 8. The second kappa shape index (κ2) is 13.9. The first kappa shape index (κ1) is 31.0. The standard InChI is InChI=1S/C15H24ClNO3Si.C9H10ClNO3/c1-7-19-14(18)12(11-9-8-10-17-13(11)16)20-21(5,6)15(2,3)4;1-2-14-9(13)7(12)6-4-3-5-11-8(6)10/h8-10,12H,7H2,1-6H3;3-5,7,12H,2H2,1H3. The van der Waals surface area contributed by atoms with E-state index in [-0.39, 0.29) is 27.5 Å². The molecule has 8 nitrogen and oxygen atoms in total. The average Bonchev–Trinajstić information content (AvgIpc) is 2.78. The number of aliphatic hydroxyl groups is 1. The van der Waals surface area contributed by atoms with E-state index < -0.39 is 32.5 Å². The SMILES string of the molecule is CCOC(=O)C(O)c1cccnc1Cl.CCOC(=O)C(O[Si](C)(C)C(C)(C)C)c1cccnc1Cl. The summed E-state index contributed by atoms with van der Waals surface area (Å²) in [6.07, 6.45) is 0.868. The Morgan fingerprint density at radius 3 is 1.83 bits per heavy atom. The summed E-state index contributed by atoms with van der Waals surface area (Å²) < 4.78 is 16.0.